The van der Waals surface area contributed by atoms with Gasteiger partial charge >= 0.3 is 0 Å². The van der Waals surface area contributed by atoms with Crippen molar-refractivity contribution >= 4 is 33.9 Å². The Bertz CT molecular complexity index is 1150. The lowest BCUT2D eigenvalue weighted by atomic mass is 10.1. The van der Waals surface area contributed by atoms with E-state index in [-0.39, 0.29) is 11.7 Å². The van der Waals surface area contributed by atoms with Crippen LogP contribution in [0.1, 0.15) is 37.8 Å². The molecular weight excluding hydrogens is 434 g/mol. The number of ether oxygens (including phenoxy) is 2. The number of benzene rings is 2. The van der Waals surface area contributed by atoms with E-state index in [4.69, 9.17) is 21.7 Å². The second-order valence-electron chi connectivity index (χ2n) is 8.30. The maximum atomic E-state index is 12.8. The van der Waals surface area contributed by atoms with Crippen LogP contribution in [-0.2, 0) is 17.7 Å². The number of fused-ring (bicyclic) bond motifs is 1. The number of aromatic amines is 1. The molecule has 0 spiro atoms. The van der Waals surface area contributed by atoms with E-state index in [2.05, 4.69) is 29.4 Å². The molecule has 0 unspecified atom stereocenters. The maximum Gasteiger partial charge on any atom is 0.253 e. The Morgan fingerprint density at radius 3 is 2.73 bits per heavy atom. The minimum atomic E-state index is -0.0899. The number of anilines is 1. The maximum absolute atomic E-state index is 12.8. The van der Waals surface area contributed by atoms with E-state index in [9.17, 15) is 4.79 Å². The molecule has 33 heavy (non-hydrogen) atoms. The molecule has 1 saturated heterocycles. The third kappa shape index (κ3) is 5.92. The molecule has 0 bridgehead atoms. The van der Waals surface area contributed by atoms with Gasteiger partial charge in [-0.1, -0.05) is 13.0 Å². The van der Waals surface area contributed by atoms with Gasteiger partial charge in [0, 0.05) is 29.9 Å². The van der Waals surface area contributed by atoms with Crippen molar-refractivity contribution in [1.29, 1.82) is 0 Å². The molecule has 7 heteroatoms. The molecule has 6 nitrogen and oxygen atoms in total. The number of thiocarbonyl (C=S) groups is 1. The van der Waals surface area contributed by atoms with Gasteiger partial charge in [0.1, 0.15) is 5.75 Å². The van der Waals surface area contributed by atoms with Gasteiger partial charge in [0.15, 0.2) is 5.11 Å². The Kier molecular flexibility index (Phi) is 7.62. The molecule has 4 rings (SSSR count). The first-order valence-corrected chi connectivity index (χ1v) is 12.0. The molecular formula is C26H31N3O3S. The Labute approximate surface area is 199 Å². The summed E-state index contributed by atoms with van der Waals surface area (Å²) in [7, 11) is 0. The number of hydrogen-bond donors (Lipinski definition) is 2. The van der Waals surface area contributed by atoms with Crippen molar-refractivity contribution in [2.45, 2.75) is 45.8 Å². The lowest BCUT2D eigenvalue weighted by molar-refractivity contribution is 0.0904. The molecule has 2 aromatic carbocycles. The predicted molar refractivity (Wildman–Crippen MR) is 137 cm³/mol. The number of aromatic nitrogens is 1. The van der Waals surface area contributed by atoms with Crippen molar-refractivity contribution in [2.24, 2.45) is 0 Å². The first-order chi connectivity index (χ1) is 16.1. The summed E-state index contributed by atoms with van der Waals surface area (Å²) in [5, 5.41) is 4.91. The lowest BCUT2D eigenvalue weighted by Gasteiger charge is -2.28. The van der Waals surface area contributed by atoms with Gasteiger partial charge < -0.3 is 24.7 Å². The first-order valence-electron chi connectivity index (χ1n) is 11.6. The van der Waals surface area contributed by atoms with Crippen LogP contribution in [0.15, 0.2) is 53.3 Å². The summed E-state index contributed by atoms with van der Waals surface area (Å²) in [6, 6.07) is 15.9. The van der Waals surface area contributed by atoms with Crippen molar-refractivity contribution in [3.05, 3.63) is 70.0 Å². The van der Waals surface area contributed by atoms with E-state index in [1.54, 1.807) is 0 Å². The Hall–Kier alpha value is -2.90. The molecule has 1 fully saturated rings. The molecule has 2 N–H and O–H groups in total. The van der Waals surface area contributed by atoms with Gasteiger partial charge in [-0.2, -0.15) is 0 Å². The quantitative estimate of drug-likeness (QED) is 0.463. The smallest absolute Gasteiger partial charge is 0.253 e. The number of H-pyrrole nitrogens is 1. The molecule has 0 aliphatic carbocycles. The molecule has 1 atom stereocenters. The number of nitrogens with one attached hydrogen (secondary N) is 2. The molecule has 0 radical (unpaired) electrons. The predicted octanol–water partition coefficient (Wildman–Crippen LogP) is 4.87. The topological polar surface area (TPSA) is 66.6 Å². The lowest BCUT2D eigenvalue weighted by Crippen LogP contribution is -2.40. The summed E-state index contributed by atoms with van der Waals surface area (Å²) >= 11 is 5.77. The monoisotopic (exact) mass is 465 g/mol. The molecule has 1 aliphatic heterocycles. The Balaban J connectivity index is 1.56. The van der Waals surface area contributed by atoms with E-state index >= 15 is 0 Å². The zero-order chi connectivity index (χ0) is 23.2. The fourth-order valence-electron chi connectivity index (χ4n) is 4.10. The Morgan fingerprint density at radius 2 is 2.03 bits per heavy atom. The van der Waals surface area contributed by atoms with Crippen molar-refractivity contribution in [3.63, 3.8) is 0 Å². The molecule has 1 aromatic heterocycles. The van der Waals surface area contributed by atoms with E-state index < -0.39 is 0 Å². The minimum Gasteiger partial charge on any atom is -0.494 e. The van der Waals surface area contributed by atoms with Crippen molar-refractivity contribution in [1.82, 2.24) is 9.88 Å². The number of hydrogen-bond acceptors (Lipinski definition) is 4. The summed E-state index contributed by atoms with van der Waals surface area (Å²) in [6.07, 6.45) is 3.10. The standard InChI is InChI=1S/C26H31N3O3S/c1-3-18-7-12-24-19(14-18)15-20(25(30)28-24)16-29(17-23-6-5-13-32-23)26(33)27-21-8-10-22(11-9-21)31-4-2/h7-12,14-15,23H,3-6,13,16-17H2,1-2H3,(H,27,33)(H,28,30)/t23-/m1/s1. The van der Waals surface area contributed by atoms with Gasteiger partial charge in [0.05, 0.1) is 19.3 Å². The summed E-state index contributed by atoms with van der Waals surface area (Å²) < 4.78 is 11.4. The van der Waals surface area contributed by atoms with Crippen molar-refractivity contribution < 1.29 is 9.47 Å². The third-order valence-electron chi connectivity index (χ3n) is 5.91. The number of aryl methyl sites for hydroxylation is 1. The average Bonchev–Trinajstić information content (AvgIpc) is 3.33. The van der Waals surface area contributed by atoms with Gasteiger partial charge in [0.2, 0.25) is 0 Å². The van der Waals surface area contributed by atoms with Gasteiger partial charge in [-0.3, -0.25) is 4.79 Å². The van der Waals surface area contributed by atoms with E-state index in [1.807, 2.05) is 48.2 Å². The van der Waals surface area contributed by atoms with Crippen LogP contribution in [0.5, 0.6) is 5.75 Å². The highest BCUT2D eigenvalue weighted by Gasteiger charge is 2.22. The molecule has 1 aliphatic rings. The number of nitrogens with zero attached hydrogens (tertiary/aromatic N) is 1. The summed E-state index contributed by atoms with van der Waals surface area (Å²) in [6.45, 7) is 6.53. The van der Waals surface area contributed by atoms with Crippen LogP contribution in [0, 0.1) is 0 Å². The SMILES string of the molecule is CCOc1ccc(NC(=S)N(Cc2cc3cc(CC)ccc3[nH]c2=O)C[C@H]2CCCO2)cc1. The summed E-state index contributed by atoms with van der Waals surface area (Å²) in [4.78, 5) is 17.9. The minimum absolute atomic E-state index is 0.0899. The first kappa shape index (κ1) is 23.3. The van der Waals surface area contributed by atoms with Crippen LogP contribution >= 0.6 is 12.2 Å². The molecule has 174 valence electrons. The highest BCUT2D eigenvalue weighted by molar-refractivity contribution is 7.80. The van der Waals surface area contributed by atoms with Crippen molar-refractivity contribution in [2.75, 3.05) is 25.1 Å². The fraction of sp³-hybridized carbons (Fsp3) is 0.385. The molecule has 0 saturated carbocycles. The van der Waals surface area contributed by atoms with Crippen LogP contribution in [0.3, 0.4) is 0 Å². The van der Waals surface area contributed by atoms with E-state index in [0.29, 0.717) is 30.4 Å². The average molecular weight is 466 g/mol. The Morgan fingerprint density at radius 1 is 1.21 bits per heavy atom. The molecule has 0 amide bonds. The zero-order valence-electron chi connectivity index (χ0n) is 19.2. The largest absolute Gasteiger partial charge is 0.494 e. The van der Waals surface area contributed by atoms with Crippen LogP contribution in [0.2, 0.25) is 0 Å². The van der Waals surface area contributed by atoms with Gasteiger partial charge in [-0.25, -0.2) is 0 Å². The van der Waals surface area contributed by atoms with Crippen LogP contribution < -0.4 is 15.6 Å². The van der Waals surface area contributed by atoms with Gasteiger partial charge in [0.25, 0.3) is 5.56 Å². The van der Waals surface area contributed by atoms with Crippen LogP contribution in [-0.4, -0.2) is 40.9 Å². The van der Waals surface area contributed by atoms with Gasteiger partial charge in [-0.15, -0.1) is 0 Å². The second kappa shape index (κ2) is 10.8. The highest BCUT2D eigenvalue weighted by Crippen LogP contribution is 2.20. The van der Waals surface area contributed by atoms with Crippen molar-refractivity contribution in [3.8, 4) is 5.75 Å². The van der Waals surface area contributed by atoms with E-state index in [0.717, 1.165) is 48.2 Å². The summed E-state index contributed by atoms with van der Waals surface area (Å²) in [5.41, 5.74) is 3.56. The molecule has 3 aromatic rings. The molecule has 2 heterocycles. The van der Waals surface area contributed by atoms with Crippen LogP contribution in [0.4, 0.5) is 5.69 Å². The third-order valence-corrected chi connectivity index (χ3v) is 6.27. The number of rotatable bonds is 8. The van der Waals surface area contributed by atoms with Crippen LogP contribution in [0.25, 0.3) is 10.9 Å². The second-order valence-corrected chi connectivity index (χ2v) is 8.69. The fourth-order valence-corrected chi connectivity index (χ4v) is 4.36. The van der Waals surface area contributed by atoms with Gasteiger partial charge in [-0.05, 0) is 91.8 Å². The van der Waals surface area contributed by atoms with E-state index in [1.165, 1.54) is 5.56 Å². The zero-order valence-corrected chi connectivity index (χ0v) is 20.0. The normalized spacial score (nSPS) is 15.5. The highest BCUT2D eigenvalue weighted by atomic mass is 32.1. The number of pyridine rings is 1. The summed E-state index contributed by atoms with van der Waals surface area (Å²) in [5.74, 6) is 0.819.